The molecule has 0 aromatic heterocycles. The summed E-state index contributed by atoms with van der Waals surface area (Å²) in [5.41, 5.74) is 0. The van der Waals surface area contributed by atoms with E-state index in [4.69, 9.17) is 5.11 Å². The largest absolute Gasteiger partial charge is 0.481 e. The van der Waals surface area contributed by atoms with Gasteiger partial charge < -0.3 is 5.11 Å². The Labute approximate surface area is 115 Å². The van der Waals surface area contributed by atoms with Crippen LogP contribution in [0.4, 0.5) is 0 Å². The summed E-state index contributed by atoms with van der Waals surface area (Å²) < 4.78 is 27.1. The van der Waals surface area contributed by atoms with Gasteiger partial charge in [-0.15, -0.1) is 0 Å². The first-order chi connectivity index (χ1) is 8.75. The third-order valence-corrected chi connectivity index (χ3v) is 5.89. The summed E-state index contributed by atoms with van der Waals surface area (Å²) in [6.45, 7) is 2.19. The molecule has 0 bridgehead atoms. The Morgan fingerprint density at radius 3 is 2.21 bits per heavy atom. The molecule has 1 aliphatic carbocycles. The van der Waals surface area contributed by atoms with Crippen molar-refractivity contribution in [3.63, 3.8) is 0 Å². The highest BCUT2D eigenvalue weighted by atomic mass is 32.2. The minimum atomic E-state index is -3.55. The maximum atomic E-state index is 12.3. The van der Waals surface area contributed by atoms with E-state index in [1.807, 2.05) is 0 Å². The van der Waals surface area contributed by atoms with Crippen LogP contribution in [0.25, 0.3) is 0 Å². The van der Waals surface area contributed by atoms with E-state index in [1.165, 1.54) is 11.4 Å². The zero-order valence-electron chi connectivity index (χ0n) is 11.9. The highest BCUT2D eigenvalue weighted by molar-refractivity contribution is 7.86. The van der Waals surface area contributed by atoms with Gasteiger partial charge in [-0.05, 0) is 31.6 Å². The summed E-state index contributed by atoms with van der Waals surface area (Å²) in [4.78, 5) is 10.5. The van der Waals surface area contributed by atoms with Crippen molar-refractivity contribution in [2.24, 2.45) is 5.92 Å². The van der Waals surface area contributed by atoms with Crippen LogP contribution in [0.3, 0.4) is 0 Å². The fourth-order valence-electron chi connectivity index (χ4n) is 2.38. The number of hydrogen-bond acceptors (Lipinski definition) is 3. The zero-order chi connectivity index (χ0) is 14.6. The number of carboxylic acids is 1. The Morgan fingerprint density at radius 2 is 1.74 bits per heavy atom. The van der Waals surface area contributed by atoms with Gasteiger partial charge in [0.15, 0.2) is 0 Å². The van der Waals surface area contributed by atoms with Gasteiger partial charge >= 0.3 is 5.97 Å². The molecule has 19 heavy (non-hydrogen) atoms. The van der Waals surface area contributed by atoms with E-state index < -0.39 is 16.2 Å². The Hall–Kier alpha value is -0.660. The average molecular weight is 292 g/mol. The first kappa shape index (κ1) is 16.4. The SMILES string of the molecule is CC1CCC(N(C)S(=O)(=O)N(C)CCC(=O)O)CC1. The number of carbonyl (C=O) groups is 1. The molecule has 0 saturated heterocycles. The van der Waals surface area contributed by atoms with Crippen LogP contribution in [0.1, 0.15) is 39.0 Å². The first-order valence-corrected chi connectivity index (χ1v) is 8.06. The van der Waals surface area contributed by atoms with Crippen LogP contribution in [-0.4, -0.2) is 54.8 Å². The molecule has 0 amide bonds. The second-order valence-electron chi connectivity index (χ2n) is 5.40. The number of aliphatic carboxylic acids is 1. The minimum absolute atomic E-state index is 0.00509. The fourth-order valence-corrected chi connectivity index (χ4v) is 3.73. The summed E-state index contributed by atoms with van der Waals surface area (Å²) in [5.74, 6) is -0.326. The van der Waals surface area contributed by atoms with E-state index in [-0.39, 0.29) is 19.0 Å². The van der Waals surface area contributed by atoms with Gasteiger partial charge in [-0.1, -0.05) is 6.92 Å². The molecule has 7 heteroatoms. The second kappa shape index (κ2) is 6.67. The van der Waals surface area contributed by atoms with Crippen LogP contribution in [0.15, 0.2) is 0 Å². The molecule has 1 fully saturated rings. The van der Waals surface area contributed by atoms with Crippen molar-refractivity contribution in [3.8, 4) is 0 Å². The van der Waals surface area contributed by atoms with Gasteiger partial charge in [-0.25, -0.2) is 0 Å². The molecule has 1 rings (SSSR count). The van der Waals surface area contributed by atoms with Gasteiger partial charge in [0.1, 0.15) is 0 Å². The van der Waals surface area contributed by atoms with Crippen molar-refractivity contribution in [3.05, 3.63) is 0 Å². The topological polar surface area (TPSA) is 77.9 Å². The summed E-state index contributed by atoms with van der Waals surface area (Å²) >= 11 is 0. The second-order valence-corrected chi connectivity index (χ2v) is 7.50. The molecule has 1 N–H and O–H groups in total. The van der Waals surface area contributed by atoms with E-state index in [9.17, 15) is 13.2 Å². The predicted molar refractivity (Wildman–Crippen MR) is 73.0 cm³/mol. The Balaban J connectivity index is 2.62. The van der Waals surface area contributed by atoms with Gasteiger partial charge in [0, 0.05) is 26.7 Å². The standard InChI is InChI=1S/C12H24N2O4S/c1-10-4-6-11(7-5-10)14(3)19(17,18)13(2)9-8-12(15)16/h10-11H,4-9H2,1-3H3,(H,15,16). The molecule has 0 spiro atoms. The molecule has 0 unspecified atom stereocenters. The normalized spacial score (nSPS) is 24.9. The van der Waals surface area contributed by atoms with Crippen molar-refractivity contribution in [1.82, 2.24) is 8.61 Å². The molecule has 0 aromatic carbocycles. The predicted octanol–water partition coefficient (Wildman–Crippen LogP) is 1.15. The fraction of sp³-hybridized carbons (Fsp3) is 0.917. The molecule has 0 aromatic rings. The lowest BCUT2D eigenvalue weighted by molar-refractivity contribution is -0.137. The molecular weight excluding hydrogens is 268 g/mol. The Morgan fingerprint density at radius 1 is 1.21 bits per heavy atom. The van der Waals surface area contributed by atoms with E-state index in [0.29, 0.717) is 5.92 Å². The summed E-state index contributed by atoms with van der Waals surface area (Å²) in [5, 5.41) is 8.61. The van der Waals surface area contributed by atoms with Gasteiger partial charge in [-0.3, -0.25) is 4.79 Å². The molecule has 0 atom stereocenters. The third-order valence-electron chi connectivity index (χ3n) is 3.90. The van der Waals surface area contributed by atoms with E-state index >= 15 is 0 Å². The molecule has 6 nitrogen and oxygen atoms in total. The van der Waals surface area contributed by atoms with Crippen LogP contribution in [0.2, 0.25) is 0 Å². The number of rotatable bonds is 6. The van der Waals surface area contributed by atoms with Crippen LogP contribution in [-0.2, 0) is 15.0 Å². The van der Waals surface area contributed by atoms with Crippen molar-refractivity contribution in [2.75, 3.05) is 20.6 Å². The van der Waals surface area contributed by atoms with Crippen LogP contribution < -0.4 is 0 Å². The molecule has 0 aliphatic heterocycles. The maximum absolute atomic E-state index is 12.3. The summed E-state index contributed by atoms with van der Waals surface area (Å²) in [7, 11) is -0.527. The lowest BCUT2D eigenvalue weighted by atomic mass is 9.87. The number of nitrogens with zero attached hydrogens (tertiary/aromatic N) is 2. The zero-order valence-corrected chi connectivity index (χ0v) is 12.7. The molecule has 0 heterocycles. The van der Waals surface area contributed by atoms with Crippen LogP contribution in [0, 0.1) is 5.92 Å². The molecule has 0 radical (unpaired) electrons. The van der Waals surface area contributed by atoms with Gasteiger partial charge in [0.05, 0.1) is 6.42 Å². The molecule has 1 aliphatic rings. The number of hydrogen-bond donors (Lipinski definition) is 1. The average Bonchev–Trinajstić information content (AvgIpc) is 2.35. The first-order valence-electron chi connectivity index (χ1n) is 6.66. The van der Waals surface area contributed by atoms with Gasteiger partial charge in [0.2, 0.25) is 0 Å². The van der Waals surface area contributed by atoms with E-state index in [2.05, 4.69) is 6.92 Å². The highest BCUT2D eigenvalue weighted by Gasteiger charge is 2.31. The van der Waals surface area contributed by atoms with Gasteiger partial charge in [0.25, 0.3) is 10.2 Å². The molecule has 112 valence electrons. The smallest absolute Gasteiger partial charge is 0.304 e. The van der Waals surface area contributed by atoms with E-state index in [1.54, 1.807) is 7.05 Å². The minimum Gasteiger partial charge on any atom is -0.481 e. The maximum Gasteiger partial charge on any atom is 0.304 e. The number of carboxylic acid groups (broad SMARTS) is 1. The summed E-state index contributed by atoms with van der Waals surface area (Å²) in [6.07, 6.45) is 3.67. The van der Waals surface area contributed by atoms with Crippen molar-refractivity contribution < 1.29 is 18.3 Å². The summed E-state index contributed by atoms with van der Waals surface area (Å²) in [6, 6.07) is 0.0356. The Bertz CT molecular complexity index is 402. The van der Waals surface area contributed by atoms with Crippen molar-refractivity contribution >= 4 is 16.2 Å². The van der Waals surface area contributed by atoms with Crippen LogP contribution >= 0.6 is 0 Å². The van der Waals surface area contributed by atoms with Crippen LogP contribution in [0.5, 0.6) is 0 Å². The molecular formula is C12H24N2O4S. The lowest BCUT2D eigenvalue weighted by Gasteiger charge is -2.34. The third kappa shape index (κ3) is 4.43. The van der Waals surface area contributed by atoms with Crippen molar-refractivity contribution in [2.45, 2.75) is 45.1 Å². The lowest BCUT2D eigenvalue weighted by Crippen LogP contribution is -2.46. The van der Waals surface area contributed by atoms with Gasteiger partial charge in [-0.2, -0.15) is 17.0 Å². The Kier molecular flexibility index (Phi) is 5.76. The molecule has 1 saturated carbocycles. The van der Waals surface area contributed by atoms with E-state index in [0.717, 1.165) is 30.0 Å². The van der Waals surface area contributed by atoms with Crippen molar-refractivity contribution in [1.29, 1.82) is 0 Å². The quantitative estimate of drug-likeness (QED) is 0.796. The monoisotopic (exact) mass is 292 g/mol. The highest BCUT2D eigenvalue weighted by Crippen LogP contribution is 2.28.